The molecule has 0 radical (unpaired) electrons. The molecule has 8 nitrogen and oxygen atoms in total. The number of carbonyl (C=O) groups excluding carboxylic acids is 1. The van der Waals surface area contributed by atoms with Gasteiger partial charge in [0, 0.05) is 12.6 Å². The number of carbonyl (C=O) groups is 1. The van der Waals surface area contributed by atoms with E-state index in [0.717, 1.165) is 26.1 Å². The van der Waals surface area contributed by atoms with Gasteiger partial charge in [0.15, 0.2) is 11.3 Å². The van der Waals surface area contributed by atoms with Gasteiger partial charge in [-0.25, -0.2) is 4.79 Å². The van der Waals surface area contributed by atoms with Crippen molar-refractivity contribution in [2.45, 2.75) is 25.7 Å². The maximum Gasteiger partial charge on any atom is 0.361 e. The number of aromatic nitrogens is 1. The number of rotatable bonds is 6. The molecule has 0 N–H and O–H groups in total. The van der Waals surface area contributed by atoms with Gasteiger partial charge in [0.2, 0.25) is 0 Å². The Morgan fingerprint density at radius 2 is 2.08 bits per heavy atom. The largest absolute Gasteiger partial charge is 1.00 e. The molecule has 1 fully saturated rings. The Hall–Kier alpha value is -2.19. The Kier molecular flexibility index (Phi) is 6.72. The normalized spacial score (nSPS) is 14.9. The monoisotopic (exact) mass is 368 g/mol. The molecule has 1 aliphatic rings. The number of piperidine rings is 1. The van der Waals surface area contributed by atoms with Crippen LogP contribution in [0.5, 0.6) is 0 Å². The fraction of sp³-hybridized carbons (Fsp3) is 0.500. The second-order valence-electron chi connectivity index (χ2n) is 5.86. The van der Waals surface area contributed by atoms with Crippen LogP contribution in [0, 0.1) is 10.1 Å². The zero-order valence-corrected chi connectivity index (χ0v) is 14.4. The second-order valence-corrected chi connectivity index (χ2v) is 5.86. The van der Waals surface area contributed by atoms with Crippen LogP contribution >= 0.6 is 0 Å². The Morgan fingerprint density at radius 1 is 1.32 bits per heavy atom. The van der Waals surface area contributed by atoms with Crippen LogP contribution in [0.1, 0.15) is 36.2 Å². The molecular formula is C16H19ClN3O5-. The number of non-ortho nitro benzene ring substituents is 1. The third-order valence-electron chi connectivity index (χ3n) is 4.16. The number of nitro groups is 1. The first kappa shape index (κ1) is 19.1. The van der Waals surface area contributed by atoms with Gasteiger partial charge in [-0.05, 0) is 38.4 Å². The molecular weight excluding hydrogens is 350 g/mol. The van der Waals surface area contributed by atoms with Gasteiger partial charge in [0.1, 0.15) is 0 Å². The average molecular weight is 369 g/mol. The zero-order valence-electron chi connectivity index (χ0n) is 13.6. The van der Waals surface area contributed by atoms with Crippen molar-refractivity contribution in [1.29, 1.82) is 0 Å². The van der Waals surface area contributed by atoms with Crippen molar-refractivity contribution in [3.63, 3.8) is 0 Å². The summed E-state index contributed by atoms with van der Waals surface area (Å²) >= 11 is 0. The molecule has 9 heteroatoms. The van der Waals surface area contributed by atoms with Gasteiger partial charge in [-0.3, -0.25) is 10.1 Å². The van der Waals surface area contributed by atoms with E-state index in [1.165, 1.54) is 37.5 Å². The predicted octanol–water partition coefficient (Wildman–Crippen LogP) is -0.227. The van der Waals surface area contributed by atoms with E-state index in [4.69, 9.17) is 9.26 Å². The highest BCUT2D eigenvalue weighted by Crippen LogP contribution is 2.24. The average Bonchev–Trinajstić information content (AvgIpc) is 3.02. The topological polar surface area (TPSA) is 98.7 Å². The van der Waals surface area contributed by atoms with Crippen LogP contribution < -0.4 is 12.4 Å². The maximum absolute atomic E-state index is 12.1. The first-order valence-corrected chi connectivity index (χ1v) is 8.08. The second kappa shape index (κ2) is 8.77. The SMILES string of the molecule is O=C(OCCCN1CCCCC1)c1noc2cc([N+](=O)[O-])ccc12.[Cl-]. The summed E-state index contributed by atoms with van der Waals surface area (Å²) < 4.78 is 10.2. The third-order valence-corrected chi connectivity index (χ3v) is 4.16. The zero-order chi connectivity index (χ0) is 16.9. The van der Waals surface area contributed by atoms with Crippen LogP contribution in [0.3, 0.4) is 0 Å². The molecule has 0 unspecified atom stereocenters. The van der Waals surface area contributed by atoms with E-state index in [1.807, 2.05) is 0 Å². The fourth-order valence-corrected chi connectivity index (χ4v) is 2.89. The summed E-state index contributed by atoms with van der Waals surface area (Å²) in [6, 6.07) is 4.01. The van der Waals surface area contributed by atoms with Crippen LogP contribution in [0.15, 0.2) is 22.7 Å². The van der Waals surface area contributed by atoms with Crippen molar-refractivity contribution in [2.24, 2.45) is 0 Å². The van der Waals surface area contributed by atoms with E-state index in [-0.39, 0.29) is 29.4 Å². The number of nitrogens with zero attached hydrogens (tertiary/aromatic N) is 3. The Balaban J connectivity index is 0.00000225. The highest BCUT2D eigenvalue weighted by Gasteiger charge is 2.20. The minimum Gasteiger partial charge on any atom is -1.00 e. The van der Waals surface area contributed by atoms with E-state index >= 15 is 0 Å². The molecule has 0 amide bonds. The minimum absolute atomic E-state index is 0. The molecule has 136 valence electrons. The van der Waals surface area contributed by atoms with Gasteiger partial charge in [-0.1, -0.05) is 11.6 Å². The number of hydrogen-bond acceptors (Lipinski definition) is 7. The standard InChI is InChI=1S/C16H19N3O5.ClH/c20-16(23-10-4-9-18-7-2-1-3-8-18)15-13-6-5-12(19(21)22)11-14(13)24-17-15;/h5-6,11H,1-4,7-10H2;1H/p-1. The third kappa shape index (κ3) is 4.67. The lowest BCUT2D eigenvalue weighted by Gasteiger charge is -2.26. The van der Waals surface area contributed by atoms with Crippen molar-refractivity contribution >= 4 is 22.6 Å². The molecule has 25 heavy (non-hydrogen) atoms. The van der Waals surface area contributed by atoms with E-state index < -0.39 is 10.9 Å². The molecule has 1 aromatic heterocycles. The van der Waals surface area contributed by atoms with Crippen molar-refractivity contribution < 1.29 is 31.4 Å². The van der Waals surface area contributed by atoms with Gasteiger partial charge in [-0.15, -0.1) is 0 Å². The number of ether oxygens (including phenoxy) is 1. The lowest BCUT2D eigenvalue weighted by atomic mass is 10.1. The highest BCUT2D eigenvalue weighted by atomic mass is 35.5. The number of halogens is 1. The Bertz CT molecular complexity index is 742. The lowest BCUT2D eigenvalue weighted by Crippen LogP contribution is -3.00. The van der Waals surface area contributed by atoms with Crippen LogP contribution in [-0.4, -0.2) is 47.2 Å². The molecule has 3 rings (SSSR count). The summed E-state index contributed by atoms with van der Waals surface area (Å²) in [6.07, 6.45) is 4.53. The van der Waals surface area contributed by atoms with E-state index in [2.05, 4.69) is 10.1 Å². The summed E-state index contributed by atoms with van der Waals surface area (Å²) in [7, 11) is 0. The van der Waals surface area contributed by atoms with Crippen molar-refractivity contribution in [1.82, 2.24) is 10.1 Å². The van der Waals surface area contributed by atoms with E-state index in [1.54, 1.807) is 0 Å². The Labute approximate surface area is 150 Å². The number of fused-ring (bicyclic) bond motifs is 1. The molecule has 1 aromatic carbocycles. The lowest BCUT2D eigenvalue weighted by molar-refractivity contribution is -0.384. The molecule has 2 heterocycles. The summed E-state index contributed by atoms with van der Waals surface area (Å²) in [5.74, 6) is -0.568. The van der Waals surface area contributed by atoms with Gasteiger partial charge >= 0.3 is 5.97 Å². The van der Waals surface area contributed by atoms with Gasteiger partial charge in [0.25, 0.3) is 5.69 Å². The smallest absolute Gasteiger partial charge is 0.361 e. The van der Waals surface area contributed by atoms with Gasteiger partial charge in [-0.2, -0.15) is 0 Å². The number of benzene rings is 1. The van der Waals surface area contributed by atoms with Crippen LogP contribution in [0.25, 0.3) is 11.0 Å². The molecule has 0 aliphatic carbocycles. The molecule has 0 bridgehead atoms. The van der Waals surface area contributed by atoms with E-state index in [0.29, 0.717) is 12.0 Å². The molecule has 0 saturated carbocycles. The quantitative estimate of drug-likeness (QED) is 0.300. The summed E-state index contributed by atoms with van der Waals surface area (Å²) in [4.78, 5) is 24.7. The molecule has 1 aliphatic heterocycles. The number of likely N-dealkylation sites (tertiary alicyclic amines) is 1. The maximum atomic E-state index is 12.1. The molecule has 1 saturated heterocycles. The number of esters is 1. The molecule has 0 atom stereocenters. The van der Waals surface area contributed by atoms with Crippen molar-refractivity contribution in [3.05, 3.63) is 34.0 Å². The summed E-state index contributed by atoms with van der Waals surface area (Å²) in [6.45, 7) is 3.46. The summed E-state index contributed by atoms with van der Waals surface area (Å²) in [5.41, 5.74) is 0.141. The predicted molar refractivity (Wildman–Crippen MR) is 85.9 cm³/mol. The number of hydrogen-bond donors (Lipinski definition) is 0. The van der Waals surface area contributed by atoms with Crippen LogP contribution in [-0.2, 0) is 4.74 Å². The van der Waals surface area contributed by atoms with Gasteiger partial charge < -0.3 is 26.6 Å². The van der Waals surface area contributed by atoms with E-state index in [9.17, 15) is 14.9 Å². The first-order valence-electron chi connectivity index (χ1n) is 8.08. The van der Waals surface area contributed by atoms with Crippen LogP contribution in [0.4, 0.5) is 5.69 Å². The van der Waals surface area contributed by atoms with Crippen molar-refractivity contribution in [3.8, 4) is 0 Å². The minimum atomic E-state index is -0.568. The Morgan fingerprint density at radius 3 is 2.80 bits per heavy atom. The van der Waals surface area contributed by atoms with Crippen molar-refractivity contribution in [2.75, 3.05) is 26.2 Å². The molecule has 0 spiro atoms. The fourth-order valence-electron chi connectivity index (χ4n) is 2.89. The first-order chi connectivity index (χ1) is 11.6. The number of nitro benzene ring substituents is 1. The van der Waals surface area contributed by atoms with Crippen LogP contribution in [0.2, 0.25) is 0 Å². The summed E-state index contributed by atoms with van der Waals surface area (Å²) in [5, 5.41) is 14.8. The molecule has 2 aromatic rings. The highest BCUT2D eigenvalue weighted by molar-refractivity contribution is 6.01. The van der Waals surface area contributed by atoms with Gasteiger partial charge in [0.05, 0.1) is 23.0 Å².